The summed E-state index contributed by atoms with van der Waals surface area (Å²) in [6.07, 6.45) is 3.56. The summed E-state index contributed by atoms with van der Waals surface area (Å²) in [4.78, 5) is 0. The van der Waals surface area contributed by atoms with Crippen LogP contribution in [0.1, 0.15) is 6.92 Å². The Labute approximate surface area is 94.8 Å². The Morgan fingerprint density at radius 1 is 1.50 bits per heavy atom. The maximum Gasteiger partial charge on any atom is 0.0729 e. The molecule has 6 heteroatoms. The minimum Gasteiger partial charge on any atom is -0.394 e. The number of aliphatic hydroxyl groups is 2. The van der Waals surface area contributed by atoms with Crippen molar-refractivity contribution in [2.45, 2.75) is 19.5 Å². The van der Waals surface area contributed by atoms with Crippen molar-refractivity contribution < 1.29 is 14.9 Å². The van der Waals surface area contributed by atoms with Crippen LogP contribution in [0.4, 0.5) is 5.69 Å². The molecule has 0 aromatic carbocycles. The van der Waals surface area contributed by atoms with Crippen molar-refractivity contribution in [2.24, 2.45) is 0 Å². The summed E-state index contributed by atoms with van der Waals surface area (Å²) in [6.45, 7) is 3.55. The lowest BCUT2D eigenvalue weighted by Gasteiger charge is -2.09. The van der Waals surface area contributed by atoms with Crippen molar-refractivity contribution in [1.82, 2.24) is 9.78 Å². The van der Waals surface area contributed by atoms with Crippen LogP contribution in [0, 0.1) is 0 Å². The quantitative estimate of drug-likeness (QED) is 0.533. The number of nitrogens with one attached hydrogen (secondary N) is 1. The number of aliphatic hydroxyl groups excluding tert-OH is 2. The maximum atomic E-state index is 8.87. The SMILES string of the molecule is C[C@H](CO)Nc1cnn(CCOCCO)c1. The van der Waals surface area contributed by atoms with Gasteiger partial charge in [0.25, 0.3) is 0 Å². The molecule has 0 fully saturated rings. The van der Waals surface area contributed by atoms with Crippen molar-refractivity contribution >= 4 is 5.69 Å². The van der Waals surface area contributed by atoms with E-state index in [1.165, 1.54) is 0 Å². The van der Waals surface area contributed by atoms with Crippen LogP contribution in [0.2, 0.25) is 0 Å². The first-order valence-corrected chi connectivity index (χ1v) is 5.34. The second-order valence-electron chi connectivity index (χ2n) is 3.56. The molecule has 1 rings (SSSR count). The first-order chi connectivity index (χ1) is 7.76. The van der Waals surface area contributed by atoms with Crippen LogP contribution in [0.3, 0.4) is 0 Å². The van der Waals surface area contributed by atoms with Gasteiger partial charge < -0.3 is 20.3 Å². The number of nitrogens with zero attached hydrogens (tertiary/aromatic N) is 2. The van der Waals surface area contributed by atoms with E-state index in [-0.39, 0.29) is 19.3 Å². The lowest BCUT2D eigenvalue weighted by molar-refractivity contribution is 0.0854. The van der Waals surface area contributed by atoms with E-state index in [0.717, 1.165) is 5.69 Å². The van der Waals surface area contributed by atoms with Gasteiger partial charge in [-0.2, -0.15) is 5.10 Å². The number of hydrogen-bond donors (Lipinski definition) is 3. The van der Waals surface area contributed by atoms with Gasteiger partial charge >= 0.3 is 0 Å². The van der Waals surface area contributed by atoms with E-state index < -0.39 is 0 Å². The molecule has 1 aromatic heterocycles. The van der Waals surface area contributed by atoms with Gasteiger partial charge in [0.1, 0.15) is 0 Å². The zero-order valence-electron chi connectivity index (χ0n) is 9.46. The highest BCUT2D eigenvalue weighted by molar-refractivity contribution is 5.38. The van der Waals surface area contributed by atoms with E-state index in [9.17, 15) is 0 Å². The van der Waals surface area contributed by atoms with Gasteiger partial charge in [-0.3, -0.25) is 4.68 Å². The minimum atomic E-state index is 0.0169. The lowest BCUT2D eigenvalue weighted by Crippen LogP contribution is -2.18. The highest BCUT2D eigenvalue weighted by Crippen LogP contribution is 2.06. The molecule has 92 valence electrons. The molecule has 0 spiro atoms. The third-order valence-corrected chi connectivity index (χ3v) is 2.02. The molecule has 1 aromatic rings. The van der Waals surface area contributed by atoms with Crippen molar-refractivity contribution in [1.29, 1.82) is 0 Å². The Morgan fingerprint density at radius 2 is 2.31 bits per heavy atom. The lowest BCUT2D eigenvalue weighted by atomic mass is 10.3. The molecule has 16 heavy (non-hydrogen) atoms. The number of rotatable bonds is 8. The molecule has 0 saturated carbocycles. The Morgan fingerprint density at radius 3 is 3.00 bits per heavy atom. The van der Waals surface area contributed by atoms with Crippen molar-refractivity contribution in [3.63, 3.8) is 0 Å². The highest BCUT2D eigenvalue weighted by atomic mass is 16.5. The average molecular weight is 229 g/mol. The highest BCUT2D eigenvalue weighted by Gasteiger charge is 2.02. The molecule has 6 nitrogen and oxygen atoms in total. The average Bonchev–Trinajstić information content (AvgIpc) is 2.72. The van der Waals surface area contributed by atoms with Crippen LogP contribution >= 0.6 is 0 Å². The van der Waals surface area contributed by atoms with E-state index in [1.54, 1.807) is 10.9 Å². The van der Waals surface area contributed by atoms with Gasteiger partial charge in [0, 0.05) is 12.2 Å². The number of ether oxygens (including phenoxy) is 1. The number of hydrogen-bond acceptors (Lipinski definition) is 5. The molecule has 0 aliphatic carbocycles. The van der Waals surface area contributed by atoms with Crippen LogP contribution in [0.15, 0.2) is 12.4 Å². The maximum absolute atomic E-state index is 8.87. The normalized spacial score (nSPS) is 12.7. The van der Waals surface area contributed by atoms with Crippen LogP contribution in [-0.4, -0.2) is 52.5 Å². The van der Waals surface area contributed by atoms with E-state index in [1.807, 2.05) is 13.1 Å². The minimum absolute atomic E-state index is 0.0169. The summed E-state index contributed by atoms with van der Waals surface area (Å²) >= 11 is 0. The van der Waals surface area contributed by atoms with E-state index in [0.29, 0.717) is 19.8 Å². The van der Waals surface area contributed by atoms with Crippen LogP contribution in [0.5, 0.6) is 0 Å². The van der Waals surface area contributed by atoms with Gasteiger partial charge in [-0.15, -0.1) is 0 Å². The second kappa shape index (κ2) is 7.21. The fourth-order valence-corrected chi connectivity index (χ4v) is 1.22. The van der Waals surface area contributed by atoms with Gasteiger partial charge in [-0.25, -0.2) is 0 Å². The summed E-state index contributed by atoms with van der Waals surface area (Å²) in [7, 11) is 0. The first kappa shape index (κ1) is 13.0. The largest absolute Gasteiger partial charge is 0.394 e. The third-order valence-electron chi connectivity index (χ3n) is 2.02. The van der Waals surface area contributed by atoms with Crippen molar-refractivity contribution in [3.05, 3.63) is 12.4 Å². The molecular formula is C10H19N3O3. The molecule has 0 bridgehead atoms. The standard InChI is InChI=1S/C10H19N3O3/c1-9(8-15)12-10-6-11-13(7-10)2-4-16-5-3-14/h6-7,9,12,14-15H,2-5,8H2,1H3/t9-/m1/s1. The van der Waals surface area contributed by atoms with Crippen LogP contribution in [-0.2, 0) is 11.3 Å². The van der Waals surface area contributed by atoms with Gasteiger partial charge in [0.2, 0.25) is 0 Å². The Bertz CT molecular complexity index is 291. The molecule has 0 radical (unpaired) electrons. The summed E-state index contributed by atoms with van der Waals surface area (Å²) in [6, 6.07) is 0.0169. The van der Waals surface area contributed by atoms with Crippen molar-refractivity contribution in [2.75, 3.05) is 31.7 Å². The molecule has 0 aliphatic rings. The van der Waals surface area contributed by atoms with Gasteiger partial charge in [0.15, 0.2) is 0 Å². The smallest absolute Gasteiger partial charge is 0.0729 e. The third kappa shape index (κ3) is 4.61. The van der Waals surface area contributed by atoms with Gasteiger partial charge in [-0.05, 0) is 6.92 Å². The zero-order valence-corrected chi connectivity index (χ0v) is 9.46. The number of aromatic nitrogens is 2. The van der Waals surface area contributed by atoms with Crippen LogP contribution < -0.4 is 5.32 Å². The molecular weight excluding hydrogens is 210 g/mol. The Hall–Kier alpha value is -1.11. The Balaban J connectivity index is 2.28. The molecule has 1 atom stereocenters. The molecule has 1 heterocycles. The monoisotopic (exact) mass is 229 g/mol. The fraction of sp³-hybridized carbons (Fsp3) is 0.700. The topological polar surface area (TPSA) is 79.5 Å². The molecule has 0 amide bonds. The van der Waals surface area contributed by atoms with Gasteiger partial charge in [0.05, 0.1) is 44.9 Å². The zero-order chi connectivity index (χ0) is 11.8. The predicted octanol–water partition coefficient (Wildman–Crippen LogP) is -0.315. The summed E-state index contributed by atoms with van der Waals surface area (Å²) in [5.74, 6) is 0. The summed E-state index contributed by atoms with van der Waals surface area (Å²) in [5.41, 5.74) is 0.878. The molecule has 3 N–H and O–H groups in total. The second-order valence-corrected chi connectivity index (χ2v) is 3.56. The van der Waals surface area contributed by atoms with E-state index in [4.69, 9.17) is 14.9 Å². The summed E-state index contributed by atoms with van der Waals surface area (Å²) in [5, 5.41) is 24.6. The fourth-order valence-electron chi connectivity index (χ4n) is 1.22. The first-order valence-electron chi connectivity index (χ1n) is 5.34. The molecule has 0 unspecified atom stereocenters. The van der Waals surface area contributed by atoms with E-state index >= 15 is 0 Å². The van der Waals surface area contributed by atoms with E-state index in [2.05, 4.69) is 10.4 Å². The van der Waals surface area contributed by atoms with Crippen molar-refractivity contribution in [3.8, 4) is 0 Å². The predicted molar refractivity (Wildman–Crippen MR) is 60.3 cm³/mol. The van der Waals surface area contributed by atoms with Gasteiger partial charge in [-0.1, -0.05) is 0 Å². The van der Waals surface area contributed by atoms with Crippen LogP contribution in [0.25, 0.3) is 0 Å². The molecule has 0 saturated heterocycles. The Kier molecular flexibility index (Phi) is 5.84. The molecule has 0 aliphatic heterocycles. The number of anilines is 1. The summed E-state index contributed by atoms with van der Waals surface area (Å²) < 4.78 is 6.88.